The molecule has 9 heteroatoms. The lowest BCUT2D eigenvalue weighted by molar-refractivity contribution is -0.137. The molecular formula is C23H28N4O5. The van der Waals surface area contributed by atoms with Crippen LogP contribution in [0.2, 0.25) is 0 Å². The Kier molecular flexibility index (Phi) is 8.56. The molecule has 0 spiro atoms. The molecule has 2 N–H and O–H groups in total. The van der Waals surface area contributed by atoms with E-state index in [1.165, 1.54) is 0 Å². The molecule has 1 aliphatic heterocycles. The Morgan fingerprint density at radius 1 is 0.969 bits per heavy atom. The van der Waals surface area contributed by atoms with E-state index in [1.807, 2.05) is 30.3 Å². The second-order valence-corrected chi connectivity index (χ2v) is 7.54. The van der Waals surface area contributed by atoms with E-state index in [1.54, 1.807) is 34.3 Å². The number of aliphatic hydroxyl groups is 1. The summed E-state index contributed by atoms with van der Waals surface area (Å²) < 4.78 is 5.38. The van der Waals surface area contributed by atoms with E-state index < -0.39 is 18.7 Å². The highest BCUT2D eigenvalue weighted by atomic mass is 16.6. The Balaban J connectivity index is 1.48. The van der Waals surface area contributed by atoms with Gasteiger partial charge in [-0.15, -0.1) is 0 Å². The van der Waals surface area contributed by atoms with Gasteiger partial charge in [-0.1, -0.05) is 30.3 Å². The third kappa shape index (κ3) is 6.78. The molecule has 1 saturated heterocycles. The average Bonchev–Trinajstić information content (AvgIpc) is 3.08. The van der Waals surface area contributed by atoms with E-state index in [0.717, 1.165) is 11.1 Å². The lowest BCUT2D eigenvalue weighted by Crippen LogP contribution is -2.51. The maximum absolute atomic E-state index is 12.9. The summed E-state index contributed by atoms with van der Waals surface area (Å²) in [6.07, 6.45) is 3.42. The van der Waals surface area contributed by atoms with Crippen molar-refractivity contribution >= 4 is 17.9 Å². The SMILES string of the molecule is O=C(Cc1ccncc1)N[C@@H](CO)C(=O)N1CCCN(C(=O)OCc2ccccc2)CC1. The number of carbonyl (C=O) groups is 3. The molecule has 0 aliphatic carbocycles. The zero-order valence-electron chi connectivity index (χ0n) is 17.9. The molecule has 9 nitrogen and oxygen atoms in total. The molecule has 0 unspecified atom stereocenters. The van der Waals surface area contributed by atoms with Gasteiger partial charge in [0.05, 0.1) is 13.0 Å². The fraction of sp³-hybridized carbons (Fsp3) is 0.391. The molecule has 1 aromatic heterocycles. The Labute approximate surface area is 187 Å². The van der Waals surface area contributed by atoms with Gasteiger partial charge in [0.15, 0.2) is 0 Å². The Bertz CT molecular complexity index is 894. The second kappa shape index (κ2) is 11.8. The minimum atomic E-state index is -1.03. The van der Waals surface area contributed by atoms with Crippen LogP contribution in [0.15, 0.2) is 54.9 Å². The van der Waals surface area contributed by atoms with Gasteiger partial charge in [-0.05, 0) is 29.7 Å². The molecule has 2 aromatic rings. The number of carbonyl (C=O) groups excluding carboxylic acids is 3. The summed E-state index contributed by atoms with van der Waals surface area (Å²) in [7, 11) is 0. The smallest absolute Gasteiger partial charge is 0.410 e. The molecule has 3 rings (SSSR count). The molecule has 3 amide bonds. The lowest BCUT2D eigenvalue weighted by atomic mass is 10.1. The van der Waals surface area contributed by atoms with E-state index in [2.05, 4.69) is 10.3 Å². The first-order valence-corrected chi connectivity index (χ1v) is 10.6. The minimum Gasteiger partial charge on any atom is -0.445 e. The third-order valence-corrected chi connectivity index (χ3v) is 5.20. The standard InChI is InChI=1S/C23H28N4O5/c28-16-20(25-21(29)15-18-7-9-24-10-8-18)22(30)26-11-4-12-27(14-13-26)23(31)32-17-19-5-2-1-3-6-19/h1-3,5-10,20,28H,4,11-17H2,(H,25,29)/t20-/m0/s1. The summed E-state index contributed by atoms with van der Waals surface area (Å²) in [4.78, 5) is 44.6. The van der Waals surface area contributed by atoms with Crippen LogP contribution < -0.4 is 5.32 Å². The van der Waals surface area contributed by atoms with E-state index >= 15 is 0 Å². The van der Waals surface area contributed by atoms with Crippen molar-refractivity contribution in [1.82, 2.24) is 20.1 Å². The number of rotatable bonds is 7. The van der Waals surface area contributed by atoms with Crippen LogP contribution in [-0.4, -0.2) is 76.6 Å². The molecule has 0 bridgehead atoms. The topological polar surface area (TPSA) is 112 Å². The van der Waals surface area contributed by atoms with E-state index in [0.29, 0.717) is 32.6 Å². The van der Waals surface area contributed by atoms with E-state index in [4.69, 9.17) is 4.74 Å². The van der Waals surface area contributed by atoms with Crippen molar-refractivity contribution < 1.29 is 24.2 Å². The molecule has 1 aliphatic rings. The van der Waals surface area contributed by atoms with Crippen LogP contribution in [-0.2, 0) is 27.4 Å². The fourth-order valence-electron chi connectivity index (χ4n) is 3.47. The number of amides is 3. The van der Waals surface area contributed by atoms with Gasteiger partial charge in [-0.25, -0.2) is 4.79 Å². The van der Waals surface area contributed by atoms with Crippen LogP contribution in [0.3, 0.4) is 0 Å². The number of pyridine rings is 1. The number of ether oxygens (including phenoxy) is 1. The molecule has 2 heterocycles. The summed E-state index contributed by atoms with van der Waals surface area (Å²) in [6.45, 7) is 1.21. The molecule has 1 fully saturated rings. The predicted octanol–water partition coefficient (Wildman–Crippen LogP) is 0.972. The van der Waals surface area contributed by atoms with Gasteiger partial charge in [-0.2, -0.15) is 0 Å². The van der Waals surface area contributed by atoms with Crippen LogP contribution in [0.1, 0.15) is 17.5 Å². The largest absolute Gasteiger partial charge is 0.445 e. The van der Waals surface area contributed by atoms with Crippen LogP contribution in [0.4, 0.5) is 4.79 Å². The van der Waals surface area contributed by atoms with Crippen molar-refractivity contribution in [3.63, 3.8) is 0 Å². The third-order valence-electron chi connectivity index (χ3n) is 5.20. The summed E-state index contributed by atoms with van der Waals surface area (Å²) in [5, 5.41) is 12.3. The van der Waals surface area contributed by atoms with E-state index in [9.17, 15) is 19.5 Å². The van der Waals surface area contributed by atoms with Gasteiger partial charge in [0, 0.05) is 38.6 Å². The monoisotopic (exact) mass is 440 g/mol. The first-order valence-electron chi connectivity index (χ1n) is 10.6. The molecule has 1 aromatic carbocycles. The van der Waals surface area contributed by atoms with Gasteiger partial charge in [-0.3, -0.25) is 14.6 Å². The summed E-state index contributed by atoms with van der Waals surface area (Å²) in [5.74, 6) is -0.723. The zero-order chi connectivity index (χ0) is 22.8. The van der Waals surface area contributed by atoms with Gasteiger partial charge >= 0.3 is 6.09 Å². The maximum Gasteiger partial charge on any atom is 0.410 e. The highest BCUT2D eigenvalue weighted by Gasteiger charge is 2.28. The van der Waals surface area contributed by atoms with Crippen LogP contribution in [0.25, 0.3) is 0 Å². The summed E-state index contributed by atoms with van der Waals surface area (Å²) in [5.41, 5.74) is 1.67. The molecule has 170 valence electrons. The lowest BCUT2D eigenvalue weighted by Gasteiger charge is -2.26. The van der Waals surface area contributed by atoms with Gasteiger partial charge in [0.25, 0.3) is 0 Å². The number of nitrogens with zero attached hydrogens (tertiary/aromatic N) is 3. The highest BCUT2D eigenvalue weighted by Crippen LogP contribution is 2.09. The second-order valence-electron chi connectivity index (χ2n) is 7.54. The Hall–Kier alpha value is -3.46. The van der Waals surface area contributed by atoms with Crippen LogP contribution >= 0.6 is 0 Å². The Morgan fingerprint density at radius 3 is 2.38 bits per heavy atom. The highest BCUT2D eigenvalue weighted by molar-refractivity contribution is 5.88. The van der Waals surface area contributed by atoms with Gasteiger partial charge in [0.2, 0.25) is 11.8 Å². The van der Waals surface area contributed by atoms with Gasteiger partial charge in [0.1, 0.15) is 12.6 Å². The first kappa shape index (κ1) is 23.2. The van der Waals surface area contributed by atoms with Crippen molar-refractivity contribution in [1.29, 1.82) is 0 Å². The minimum absolute atomic E-state index is 0.0906. The fourth-order valence-corrected chi connectivity index (χ4v) is 3.47. The van der Waals surface area contributed by atoms with Gasteiger partial charge < -0.3 is 25.0 Å². The zero-order valence-corrected chi connectivity index (χ0v) is 17.9. The number of hydrogen-bond donors (Lipinski definition) is 2. The van der Waals surface area contributed by atoms with Crippen LogP contribution in [0, 0.1) is 0 Å². The normalized spacial score (nSPS) is 14.9. The average molecular weight is 441 g/mol. The number of nitrogens with one attached hydrogen (secondary N) is 1. The maximum atomic E-state index is 12.9. The first-order chi connectivity index (χ1) is 15.6. The predicted molar refractivity (Wildman–Crippen MR) is 116 cm³/mol. The van der Waals surface area contributed by atoms with E-state index in [-0.39, 0.29) is 24.8 Å². The van der Waals surface area contributed by atoms with Crippen LogP contribution in [0.5, 0.6) is 0 Å². The van der Waals surface area contributed by atoms with Crippen molar-refractivity contribution in [2.24, 2.45) is 0 Å². The summed E-state index contributed by atoms with van der Waals surface area (Å²) >= 11 is 0. The molecule has 1 atom stereocenters. The Morgan fingerprint density at radius 2 is 1.66 bits per heavy atom. The number of hydrogen-bond acceptors (Lipinski definition) is 6. The number of aliphatic hydroxyl groups excluding tert-OH is 1. The van der Waals surface area contributed by atoms with Crippen molar-refractivity contribution in [3.8, 4) is 0 Å². The quantitative estimate of drug-likeness (QED) is 0.664. The molecule has 32 heavy (non-hydrogen) atoms. The molecule has 0 radical (unpaired) electrons. The molecule has 0 saturated carbocycles. The molecular weight excluding hydrogens is 412 g/mol. The van der Waals surface area contributed by atoms with Crippen molar-refractivity contribution in [2.75, 3.05) is 32.8 Å². The summed E-state index contributed by atoms with van der Waals surface area (Å²) in [6, 6.07) is 11.8. The number of benzene rings is 1. The van der Waals surface area contributed by atoms with Crippen molar-refractivity contribution in [2.45, 2.75) is 25.5 Å². The number of aromatic nitrogens is 1. The van der Waals surface area contributed by atoms with Crippen molar-refractivity contribution in [3.05, 3.63) is 66.0 Å².